The van der Waals surface area contributed by atoms with E-state index in [2.05, 4.69) is 12.2 Å². The van der Waals surface area contributed by atoms with Crippen LogP contribution in [0.15, 0.2) is 29.2 Å². The average molecular weight is 283 g/mol. The van der Waals surface area contributed by atoms with Gasteiger partial charge in [0.15, 0.2) is 0 Å². The smallest absolute Gasteiger partial charge is 0.124 e. The first-order valence-electron chi connectivity index (χ1n) is 6.99. The van der Waals surface area contributed by atoms with E-state index in [9.17, 15) is 4.39 Å². The summed E-state index contributed by atoms with van der Waals surface area (Å²) >= 11 is 1.72. The molecule has 0 spiro atoms. The van der Waals surface area contributed by atoms with Crippen molar-refractivity contribution in [3.63, 3.8) is 0 Å². The Kier molecular flexibility index (Phi) is 6.14. The first kappa shape index (κ1) is 14.8. The fourth-order valence-corrected chi connectivity index (χ4v) is 3.58. The summed E-state index contributed by atoms with van der Waals surface area (Å²) in [6, 6.07) is 7.27. The maximum Gasteiger partial charge on any atom is 0.124 e. The fraction of sp³-hybridized carbons (Fsp3) is 0.600. The molecule has 1 heterocycles. The number of rotatable bonds is 6. The number of nitrogens with one attached hydrogen (secondary N) is 1. The quantitative estimate of drug-likeness (QED) is 0.809. The summed E-state index contributed by atoms with van der Waals surface area (Å²) in [4.78, 5) is 1.000. The van der Waals surface area contributed by atoms with E-state index in [1.165, 1.54) is 12.5 Å². The SMILES string of the molecule is CCNC(CSc1cccc(F)c1)C1CCCOC1. The van der Waals surface area contributed by atoms with Gasteiger partial charge in [0.1, 0.15) is 5.82 Å². The molecule has 0 amide bonds. The summed E-state index contributed by atoms with van der Waals surface area (Å²) in [6.45, 7) is 4.84. The number of ether oxygens (including phenoxy) is 1. The van der Waals surface area contributed by atoms with E-state index < -0.39 is 0 Å². The molecule has 19 heavy (non-hydrogen) atoms. The van der Waals surface area contributed by atoms with Crippen molar-refractivity contribution in [1.29, 1.82) is 0 Å². The van der Waals surface area contributed by atoms with Crippen LogP contribution in [-0.4, -0.2) is 31.6 Å². The third kappa shape index (κ3) is 4.79. The molecule has 2 rings (SSSR count). The Morgan fingerprint density at radius 3 is 3.11 bits per heavy atom. The number of thioether (sulfide) groups is 1. The highest BCUT2D eigenvalue weighted by Gasteiger charge is 2.23. The second kappa shape index (κ2) is 7.88. The Hall–Kier alpha value is -0.580. The first-order chi connectivity index (χ1) is 9.29. The van der Waals surface area contributed by atoms with Crippen molar-refractivity contribution in [2.75, 3.05) is 25.5 Å². The number of hydrogen-bond acceptors (Lipinski definition) is 3. The van der Waals surface area contributed by atoms with Crippen molar-refractivity contribution in [2.24, 2.45) is 5.92 Å². The molecule has 1 aliphatic rings. The van der Waals surface area contributed by atoms with Crippen LogP contribution in [0.4, 0.5) is 4.39 Å². The maximum atomic E-state index is 13.1. The Morgan fingerprint density at radius 2 is 2.42 bits per heavy atom. The summed E-state index contributed by atoms with van der Waals surface area (Å²) in [5.74, 6) is 1.38. The minimum absolute atomic E-state index is 0.161. The highest BCUT2D eigenvalue weighted by Crippen LogP contribution is 2.25. The average Bonchev–Trinajstić information content (AvgIpc) is 2.44. The summed E-state index contributed by atoms with van der Waals surface area (Å²) in [6.07, 6.45) is 2.37. The molecule has 0 bridgehead atoms. The van der Waals surface area contributed by atoms with E-state index in [4.69, 9.17) is 4.74 Å². The molecule has 106 valence electrons. The van der Waals surface area contributed by atoms with Gasteiger partial charge >= 0.3 is 0 Å². The third-order valence-electron chi connectivity index (χ3n) is 3.46. The van der Waals surface area contributed by atoms with Crippen molar-refractivity contribution in [1.82, 2.24) is 5.32 Å². The third-order valence-corrected chi connectivity index (χ3v) is 4.57. The highest BCUT2D eigenvalue weighted by molar-refractivity contribution is 7.99. The molecular weight excluding hydrogens is 261 g/mol. The molecule has 1 aromatic carbocycles. The molecule has 0 aromatic heterocycles. The maximum absolute atomic E-state index is 13.1. The molecule has 1 aliphatic heterocycles. The minimum Gasteiger partial charge on any atom is -0.381 e. The summed E-state index contributed by atoms with van der Waals surface area (Å²) in [5.41, 5.74) is 0. The summed E-state index contributed by atoms with van der Waals surface area (Å²) in [5, 5.41) is 3.54. The zero-order valence-corrected chi connectivity index (χ0v) is 12.2. The second-order valence-corrected chi connectivity index (χ2v) is 6.00. The van der Waals surface area contributed by atoms with E-state index >= 15 is 0 Å². The Morgan fingerprint density at radius 1 is 1.53 bits per heavy atom. The van der Waals surface area contributed by atoms with Crippen LogP contribution in [0.25, 0.3) is 0 Å². The zero-order chi connectivity index (χ0) is 13.5. The van der Waals surface area contributed by atoms with Gasteiger partial charge in [0, 0.05) is 23.3 Å². The van der Waals surface area contributed by atoms with Crippen molar-refractivity contribution in [3.05, 3.63) is 30.1 Å². The van der Waals surface area contributed by atoms with Gasteiger partial charge in [-0.05, 0) is 43.5 Å². The van der Waals surface area contributed by atoms with Crippen molar-refractivity contribution < 1.29 is 9.13 Å². The van der Waals surface area contributed by atoms with Gasteiger partial charge in [0.25, 0.3) is 0 Å². The number of halogens is 1. The lowest BCUT2D eigenvalue weighted by molar-refractivity contribution is 0.0429. The van der Waals surface area contributed by atoms with E-state index in [-0.39, 0.29) is 5.82 Å². The molecule has 0 aliphatic carbocycles. The Bertz CT molecular complexity index is 382. The largest absolute Gasteiger partial charge is 0.381 e. The predicted octanol–water partition coefficient (Wildman–Crippen LogP) is 3.32. The van der Waals surface area contributed by atoms with Crippen molar-refractivity contribution >= 4 is 11.8 Å². The Balaban J connectivity index is 1.89. The van der Waals surface area contributed by atoms with Crippen molar-refractivity contribution in [2.45, 2.75) is 30.7 Å². The van der Waals surface area contributed by atoms with Crippen LogP contribution in [0, 0.1) is 11.7 Å². The molecule has 0 radical (unpaired) electrons. The first-order valence-corrected chi connectivity index (χ1v) is 7.97. The fourth-order valence-electron chi connectivity index (χ4n) is 2.45. The molecule has 0 saturated carbocycles. The van der Waals surface area contributed by atoms with Gasteiger partial charge in [0.2, 0.25) is 0 Å². The molecule has 2 atom stereocenters. The van der Waals surface area contributed by atoms with Crippen LogP contribution < -0.4 is 5.32 Å². The van der Waals surface area contributed by atoms with Crippen LogP contribution >= 0.6 is 11.8 Å². The zero-order valence-electron chi connectivity index (χ0n) is 11.4. The lowest BCUT2D eigenvalue weighted by Crippen LogP contribution is -2.41. The van der Waals surface area contributed by atoms with Gasteiger partial charge in [-0.1, -0.05) is 13.0 Å². The Labute approximate surface area is 119 Å². The van der Waals surface area contributed by atoms with E-state index in [1.807, 2.05) is 6.07 Å². The van der Waals surface area contributed by atoms with E-state index in [1.54, 1.807) is 23.9 Å². The number of hydrogen-bond donors (Lipinski definition) is 1. The van der Waals surface area contributed by atoms with Gasteiger partial charge in [-0.15, -0.1) is 11.8 Å². The molecule has 1 N–H and O–H groups in total. The number of benzene rings is 1. The molecule has 1 aromatic rings. The molecule has 4 heteroatoms. The standard InChI is InChI=1S/C15H22FNOS/c1-2-17-15(12-5-4-8-18-10-12)11-19-14-7-3-6-13(16)9-14/h3,6-7,9,12,15,17H,2,4-5,8,10-11H2,1H3. The van der Waals surface area contributed by atoms with Crippen LogP contribution in [0.3, 0.4) is 0 Å². The van der Waals surface area contributed by atoms with Crippen molar-refractivity contribution in [3.8, 4) is 0 Å². The molecule has 2 unspecified atom stereocenters. The van der Waals surface area contributed by atoms with Crippen LogP contribution in [0.1, 0.15) is 19.8 Å². The molecular formula is C15H22FNOS. The van der Waals surface area contributed by atoms with Gasteiger partial charge in [-0.2, -0.15) is 0 Å². The van der Waals surface area contributed by atoms with E-state index in [0.717, 1.165) is 36.8 Å². The van der Waals surface area contributed by atoms with Gasteiger partial charge in [-0.3, -0.25) is 0 Å². The molecule has 1 fully saturated rings. The second-order valence-electron chi connectivity index (χ2n) is 4.91. The minimum atomic E-state index is -0.161. The molecule has 2 nitrogen and oxygen atoms in total. The lowest BCUT2D eigenvalue weighted by atomic mass is 9.95. The van der Waals surface area contributed by atoms with Crippen LogP contribution in [-0.2, 0) is 4.74 Å². The van der Waals surface area contributed by atoms with Gasteiger partial charge < -0.3 is 10.1 Å². The van der Waals surface area contributed by atoms with Crippen LogP contribution in [0.5, 0.6) is 0 Å². The van der Waals surface area contributed by atoms with Gasteiger partial charge in [-0.25, -0.2) is 4.39 Å². The summed E-state index contributed by atoms with van der Waals surface area (Å²) < 4.78 is 18.7. The lowest BCUT2D eigenvalue weighted by Gasteiger charge is -2.30. The molecule has 1 saturated heterocycles. The monoisotopic (exact) mass is 283 g/mol. The highest BCUT2D eigenvalue weighted by atomic mass is 32.2. The van der Waals surface area contributed by atoms with Gasteiger partial charge in [0.05, 0.1) is 6.61 Å². The van der Waals surface area contributed by atoms with Crippen LogP contribution in [0.2, 0.25) is 0 Å². The normalized spacial score (nSPS) is 21.3. The topological polar surface area (TPSA) is 21.3 Å². The predicted molar refractivity (Wildman–Crippen MR) is 78.1 cm³/mol. The van der Waals surface area contributed by atoms with E-state index in [0.29, 0.717) is 12.0 Å². The summed E-state index contributed by atoms with van der Waals surface area (Å²) in [7, 11) is 0.